The van der Waals surface area contributed by atoms with Gasteiger partial charge in [-0.2, -0.15) is 0 Å². The van der Waals surface area contributed by atoms with Crippen molar-refractivity contribution >= 4 is 30.3 Å². The molecule has 0 spiro atoms. The maximum Gasteiger partial charge on any atom is 0.341 e. The molecule has 0 aromatic heterocycles. The van der Waals surface area contributed by atoms with E-state index >= 15 is 0 Å². The fourth-order valence-corrected chi connectivity index (χ4v) is 9.98. The number of aliphatic hydroxyl groups excluding tert-OH is 1. The van der Waals surface area contributed by atoms with Crippen LogP contribution in [0.25, 0.3) is 6.08 Å². The van der Waals surface area contributed by atoms with E-state index in [1.807, 2.05) is 97.9 Å². The number of aliphatic hydroxyl groups is 2. The van der Waals surface area contributed by atoms with Crippen LogP contribution in [0.5, 0.6) is 23.0 Å². The number of aromatic hydroxyl groups is 1. The predicted molar refractivity (Wildman–Crippen MR) is 405 cm³/mol. The third-order valence-electron chi connectivity index (χ3n) is 16.0. The molecule has 5 aromatic rings. The fourth-order valence-electron chi connectivity index (χ4n) is 9.98. The first kappa shape index (κ1) is 89.2. The standard InChI is InChI=1S/C14H22.C10H12O.C10H18O.C10H16.C9H10O3.C8H8O3.C8H10O2.C8H14O2.C8H8O/c1-11-8-6-4-5-7-9-13-12(11)10-14(13,2)3;1-3-4-9-5-7-10(11-2)8-6-9;1-5-10(4,11)8-6-7-9(2)3;1-8(2)10-6-4-9(3)5-7-10;1-11-8-6-4-3-5-7(8)9(10)12-2;1-11-8(10)6-4-2-3-5-7(6)9;1-10-8-4-2-7(6-9)3-5-8;1-3-4-5-6-7-10-8(2)9;9-7-6-8-4-2-1-3-5-8/h4-5,12-13H,1,6-10H2,2-3H3;3-8H,1-2H3;5,7,11H,1,6,8H2,2-4H3;4,10H,1,5-7H2,2-3H3;3-6H,1-2H3;2-5,9H,1H3;2-5,9H,6H2,1H3;4-5H,3,6-7H2,1-2H3;1-5,7H,6H2/b5-4+;4-3+;;;;;;5-4-;/t12-,13-;;;;;;;;/m1......../s1. The molecule has 0 radical (unpaired) electrons. The Morgan fingerprint density at radius 1 is 0.714 bits per heavy atom. The maximum atomic E-state index is 11.1. The summed E-state index contributed by atoms with van der Waals surface area (Å²) in [6.07, 6.45) is 34.1. The second kappa shape index (κ2) is 53.3. The van der Waals surface area contributed by atoms with Crippen molar-refractivity contribution in [1.82, 2.24) is 0 Å². The van der Waals surface area contributed by atoms with Crippen molar-refractivity contribution in [3.05, 3.63) is 246 Å². The number of carbonyl (C=O) groups is 4. The monoisotopic (exact) mass is 1350 g/mol. The van der Waals surface area contributed by atoms with Crippen LogP contribution in [0.1, 0.15) is 184 Å². The molecule has 98 heavy (non-hydrogen) atoms. The third kappa shape index (κ3) is 40.7. The van der Waals surface area contributed by atoms with E-state index in [0.29, 0.717) is 29.8 Å². The number of fused-ring (bicyclic) bond motifs is 1. The molecule has 536 valence electrons. The van der Waals surface area contributed by atoms with Gasteiger partial charge in [-0.15, -0.1) is 6.58 Å². The molecular formula is C85H118O13. The number of hydrogen-bond donors (Lipinski definition) is 3. The Hall–Kier alpha value is -8.78. The molecule has 13 nitrogen and oxygen atoms in total. The van der Waals surface area contributed by atoms with Gasteiger partial charge in [0.1, 0.15) is 40.4 Å². The molecule has 13 heteroatoms. The quantitative estimate of drug-likeness (QED) is 0.0248. The zero-order valence-electron chi connectivity index (χ0n) is 61.8. The van der Waals surface area contributed by atoms with Crippen LogP contribution in [0.4, 0.5) is 0 Å². The largest absolute Gasteiger partial charge is 0.507 e. The van der Waals surface area contributed by atoms with Crippen LogP contribution in [0, 0.1) is 23.2 Å². The lowest BCUT2D eigenvalue weighted by Crippen LogP contribution is -2.44. The normalized spacial score (nSPS) is 16.0. The van der Waals surface area contributed by atoms with Crippen LogP contribution >= 0.6 is 0 Å². The number of allylic oxidation sites excluding steroid dienone is 10. The number of ether oxygens (including phenoxy) is 6. The first-order valence-electron chi connectivity index (χ1n) is 33.7. The van der Waals surface area contributed by atoms with Crippen LogP contribution in [0.15, 0.2) is 218 Å². The summed E-state index contributed by atoms with van der Waals surface area (Å²) in [4.78, 5) is 42.1. The number of esters is 3. The lowest BCUT2D eigenvalue weighted by Gasteiger charge is -2.53. The number of para-hydroxylation sites is 2. The molecule has 1 saturated carbocycles. The lowest BCUT2D eigenvalue weighted by molar-refractivity contribution is -0.140. The number of hydrogen-bond acceptors (Lipinski definition) is 13. The second-order valence-corrected chi connectivity index (χ2v) is 24.7. The third-order valence-corrected chi connectivity index (χ3v) is 16.0. The van der Waals surface area contributed by atoms with Gasteiger partial charge in [-0.1, -0.05) is 190 Å². The molecule has 1 fully saturated rings. The van der Waals surface area contributed by atoms with Gasteiger partial charge in [0, 0.05) is 13.3 Å². The summed E-state index contributed by atoms with van der Waals surface area (Å²) in [5, 5.41) is 27.3. The summed E-state index contributed by atoms with van der Waals surface area (Å²) in [5.74, 6) is 3.59. The number of carbonyl (C=O) groups excluding carboxylic acids is 4. The average molecular weight is 1350 g/mol. The molecule has 8 rings (SSSR count). The molecule has 3 aliphatic carbocycles. The van der Waals surface area contributed by atoms with Gasteiger partial charge in [-0.05, 0) is 207 Å². The topological polar surface area (TPSA) is 184 Å². The minimum absolute atomic E-state index is 0.0562. The number of phenolic OH excluding ortho intramolecular Hbond substituents is 1. The zero-order valence-corrected chi connectivity index (χ0v) is 61.8. The Balaban J connectivity index is 0.00000108. The molecule has 5 aromatic carbocycles. The minimum Gasteiger partial charge on any atom is -0.507 e. The highest BCUT2D eigenvalue weighted by molar-refractivity contribution is 5.92. The molecular weight excluding hydrogens is 1230 g/mol. The van der Waals surface area contributed by atoms with Crippen molar-refractivity contribution in [1.29, 1.82) is 0 Å². The Kier molecular flexibility index (Phi) is 48.5. The Morgan fingerprint density at radius 2 is 1.29 bits per heavy atom. The highest BCUT2D eigenvalue weighted by atomic mass is 16.5. The van der Waals surface area contributed by atoms with Crippen molar-refractivity contribution in [2.45, 2.75) is 165 Å². The molecule has 3 aliphatic rings. The fraction of sp³-hybridized carbons (Fsp3) is 0.412. The minimum atomic E-state index is -0.702. The van der Waals surface area contributed by atoms with E-state index in [0.717, 1.165) is 72.3 Å². The van der Waals surface area contributed by atoms with E-state index in [1.165, 1.54) is 114 Å². The van der Waals surface area contributed by atoms with Gasteiger partial charge in [0.25, 0.3) is 0 Å². The number of methoxy groups -OCH3 is 5. The van der Waals surface area contributed by atoms with Crippen molar-refractivity contribution in [2.24, 2.45) is 23.2 Å². The van der Waals surface area contributed by atoms with E-state index in [2.05, 4.69) is 114 Å². The predicted octanol–water partition coefficient (Wildman–Crippen LogP) is 20.2. The van der Waals surface area contributed by atoms with Crippen LogP contribution in [-0.2, 0) is 36.8 Å². The highest BCUT2D eigenvalue weighted by Gasteiger charge is 2.47. The van der Waals surface area contributed by atoms with Gasteiger partial charge in [-0.3, -0.25) is 4.79 Å². The van der Waals surface area contributed by atoms with E-state index in [9.17, 15) is 24.3 Å². The van der Waals surface area contributed by atoms with Crippen LogP contribution in [-0.4, -0.2) is 87.3 Å². The van der Waals surface area contributed by atoms with Gasteiger partial charge in [0.15, 0.2) is 0 Å². The molecule has 0 saturated heterocycles. The zero-order chi connectivity index (χ0) is 73.7. The van der Waals surface area contributed by atoms with Crippen molar-refractivity contribution in [3.8, 4) is 23.0 Å². The molecule has 0 bridgehead atoms. The summed E-state index contributed by atoms with van der Waals surface area (Å²) in [5.41, 5.74) is 9.41. The van der Waals surface area contributed by atoms with Gasteiger partial charge >= 0.3 is 17.9 Å². The van der Waals surface area contributed by atoms with Gasteiger partial charge in [-0.25, -0.2) is 9.59 Å². The molecule has 4 atom stereocenters. The molecule has 0 amide bonds. The Bertz CT molecular complexity index is 3170. The van der Waals surface area contributed by atoms with Crippen molar-refractivity contribution in [2.75, 3.05) is 42.2 Å². The summed E-state index contributed by atoms with van der Waals surface area (Å²) in [6, 6.07) is 38.1. The van der Waals surface area contributed by atoms with Crippen molar-refractivity contribution in [3.63, 3.8) is 0 Å². The first-order chi connectivity index (χ1) is 46.8. The smallest absolute Gasteiger partial charge is 0.341 e. The number of phenols is 1. The Morgan fingerprint density at radius 3 is 1.78 bits per heavy atom. The van der Waals surface area contributed by atoms with Crippen LogP contribution in [0.3, 0.4) is 0 Å². The van der Waals surface area contributed by atoms with Crippen molar-refractivity contribution < 1.29 is 62.9 Å². The van der Waals surface area contributed by atoms with E-state index in [1.54, 1.807) is 69.2 Å². The average Bonchev–Trinajstić information content (AvgIpc) is 0.934. The second-order valence-electron chi connectivity index (χ2n) is 24.7. The maximum absolute atomic E-state index is 11.1. The summed E-state index contributed by atoms with van der Waals surface area (Å²) >= 11 is 0. The molecule has 0 heterocycles. The Labute approximate surface area is 589 Å². The van der Waals surface area contributed by atoms with Gasteiger partial charge < -0.3 is 48.5 Å². The molecule has 2 unspecified atom stereocenters. The lowest BCUT2D eigenvalue weighted by atomic mass is 9.52. The SMILES string of the molecule is C/C=C/c1ccc(OC)cc1.C=C(C)C1CC=C(C)CC1.C=C1CC/C=C/CC[C@@H]2[C@@H]1CC2(C)C.C=CC(C)(O)CCC=C(C)C.CC/C=C\CCOC(C)=O.COC(=O)c1ccccc1O.COC(=O)c1ccccc1OC.COc1ccc(CO)cc1.O=CCc1ccccc1. The van der Waals surface area contributed by atoms with Crippen LogP contribution in [0.2, 0.25) is 0 Å². The summed E-state index contributed by atoms with van der Waals surface area (Å²) in [6.45, 7) is 33.0. The summed E-state index contributed by atoms with van der Waals surface area (Å²) in [7, 11) is 7.42. The van der Waals surface area contributed by atoms with Gasteiger partial charge in [0.05, 0.1) is 54.4 Å². The molecule has 0 aliphatic heterocycles. The summed E-state index contributed by atoms with van der Waals surface area (Å²) < 4.78 is 28.6. The van der Waals surface area contributed by atoms with E-state index in [-0.39, 0.29) is 29.9 Å². The number of rotatable bonds is 18. The first-order valence-corrected chi connectivity index (χ1v) is 33.7. The van der Waals surface area contributed by atoms with E-state index < -0.39 is 11.6 Å². The van der Waals surface area contributed by atoms with Gasteiger partial charge in [0.2, 0.25) is 0 Å². The number of aldehydes is 1. The molecule has 3 N–H and O–H groups in total. The van der Waals surface area contributed by atoms with Crippen LogP contribution < -0.4 is 14.2 Å². The van der Waals surface area contributed by atoms with E-state index in [4.69, 9.17) is 29.2 Å². The number of benzene rings is 5. The highest BCUT2D eigenvalue weighted by Crippen LogP contribution is 2.56.